The zero-order valence-corrected chi connectivity index (χ0v) is 27.1. The van der Waals surface area contributed by atoms with Crippen molar-refractivity contribution in [2.45, 2.75) is 115 Å². The van der Waals surface area contributed by atoms with Crippen molar-refractivity contribution in [3.05, 3.63) is 0 Å². The van der Waals surface area contributed by atoms with Crippen LogP contribution in [0.15, 0.2) is 0 Å². The fourth-order valence-electron chi connectivity index (χ4n) is 10.9. The minimum absolute atomic E-state index is 0.0112. The zero-order chi connectivity index (χ0) is 30.2. The summed E-state index contributed by atoms with van der Waals surface area (Å²) in [6, 6.07) is 0. The van der Waals surface area contributed by atoms with E-state index in [1.165, 1.54) is 36.5 Å². The third kappa shape index (κ3) is 6.48. The largest absolute Gasteiger partial charge is 0.465 e. The molecule has 248 valence electrons. The van der Waals surface area contributed by atoms with Gasteiger partial charge in [-0.25, -0.2) is 0 Å². The summed E-state index contributed by atoms with van der Waals surface area (Å²) in [5.41, 5.74) is 0. The number of epoxide rings is 2. The Morgan fingerprint density at radius 3 is 1.43 bits per heavy atom. The van der Waals surface area contributed by atoms with E-state index < -0.39 is 0 Å². The first-order valence-electron chi connectivity index (χ1n) is 18.4. The normalized spacial score (nSPS) is 45.0. The summed E-state index contributed by atoms with van der Waals surface area (Å²) in [5, 5.41) is 0. The molecule has 6 bridgehead atoms. The van der Waals surface area contributed by atoms with Crippen LogP contribution in [0.5, 0.6) is 0 Å². The average molecular weight is 617 g/mol. The summed E-state index contributed by atoms with van der Waals surface area (Å²) < 4.78 is 32.1. The lowest BCUT2D eigenvalue weighted by molar-refractivity contribution is -0.151. The van der Waals surface area contributed by atoms with E-state index in [4.69, 9.17) is 28.4 Å². The molecule has 7 saturated carbocycles. The van der Waals surface area contributed by atoms with E-state index in [0.717, 1.165) is 38.9 Å². The van der Waals surface area contributed by atoms with Crippen LogP contribution in [-0.2, 0) is 38.0 Å². The molecule has 2 aliphatic heterocycles. The van der Waals surface area contributed by atoms with Gasteiger partial charge >= 0.3 is 11.9 Å². The minimum atomic E-state index is -0.0112. The lowest BCUT2D eigenvalue weighted by Crippen LogP contribution is -2.27. The molecule has 8 heteroatoms. The minimum Gasteiger partial charge on any atom is -0.465 e. The molecular weight excluding hydrogens is 560 g/mol. The van der Waals surface area contributed by atoms with Gasteiger partial charge in [0.25, 0.3) is 0 Å². The van der Waals surface area contributed by atoms with E-state index in [2.05, 4.69) is 0 Å². The second-order valence-corrected chi connectivity index (χ2v) is 15.2. The van der Waals surface area contributed by atoms with Gasteiger partial charge in [-0.15, -0.1) is 0 Å². The standard InChI is InChI=1S/2C13H20O4.C10H16/c2*1-2-15-4-3-5-16-13(14)10-7-8-6-9(10)12-11(8)17-12;1-2-9-7-4-5-8(6-7)10(9)3-1/h2*8-12H,2-7H2,1H3;7-10H,1-6H2. The van der Waals surface area contributed by atoms with Crippen LogP contribution in [0, 0.1) is 59.2 Å². The van der Waals surface area contributed by atoms with Crippen LogP contribution in [0.1, 0.15) is 90.9 Å². The van der Waals surface area contributed by atoms with Crippen molar-refractivity contribution in [1.82, 2.24) is 0 Å². The molecule has 2 saturated heterocycles. The van der Waals surface area contributed by atoms with Gasteiger partial charge in [0.05, 0.1) is 49.5 Å². The Morgan fingerprint density at radius 1 is 0.545 bits per heavy atom. The highest BCUT2D eigenvalue weighted by molar-refractivity contribution is 5.74. The zero-order valence-electron chi connectivity index (χ0n) is 27.1. The second kappa shape index (κ2) is 13.9. The Morgan fingerprint density at radius 2 is 1.02 bits per heavy atom. The Balaban J connectivity index is 0.000000110. The Bertz CT molecular complexity index is 927. The van der Waals surface area contributed by atoms with Crippen molar-refractivity contribution in [3.8, 4) is 0 Å². The molecule has 7 aliphatic carbocycles. The monoisotopic (exact) mass is 616 g/mol. The molecule has 9 fully saturated rings. The third-order valence-electron chi connectivity index (χ3n) is 12.9. The molecule has 0 aromatic rings. The molecule has 0 aromatic carbocycles. The smallest absolute Gasteiger partial charge is 0.309 e. The van der Waals surface area contributed by atoms with Crippen molar-refractivity contribution < 1.29 is 38.0 Å². The van der Waals surface area contributed by atoms with Crippen molar-refractivity contribution in [3.63, 3.8) is 0 Å². The van der Waals surface area contributed by atoms with Crippen molar-refractivity contribution in [2.24, 2.45) is 59.2 Å². The quantitative estimate of drug-likeness (QED) is 0.159. The molecule has 0 aromatic heterocycles. The summed E-state index contributed by atoms with van der Waals surface area (Å²) in [4.78, 5) is 23.8. The Kier molecular flexibility index (Phi) is 9.89. The molecule has 0 amide bonds. The van der Waals surface area contributed by atoms with E-state index in [0.29, 0.717) is 74.5 Å². The van der Waals surface area contributed by atoms with E-state index in [1.54, 1.807) is 38.5 Å². The molecule has 8 nitrogen and oxygen atoms in total. The fourth-order valence-corrected chi connectivity index (χ4v) is 10.9. The van der Waals surface area contributed by atoms with Crippen LogP contribution in [-0.4, -0.2) is 76.0 Å². The van der Waals surface area contributed by atoms with Gasteiger partial charge in [-0.1, -0.05) is 6.42 Å². The first kappa shape index (κ1) is 31.4. The highest BCUT2D eigenvalue weighted by atomic mass is 16.6. The summed E-state index contributed by atoms with van der Waals surface area (Å²) in [6.45, 7) is 7.70. The Labute approximate surface area is 263 Å². The van der Waals surface area contributed by atoms with E-state index in [9.17, 15) is 9.59 Å². The lowest BCUT2D eigenvalue weighted by atomic mass is 9.82. The number of rotatable bonds is 12. The molecule has 0 radical (unpaired) electrons. The van der Waals surface area contributed by atoms with Gasteiger partial charge in [0.15, 0.2) is 0 Å². The maximum absolute atomic E-state index is 11.9. The highest BCUT2D eigenvalue weighted by Gasteiger charge is 2.65. The number of esters is 2. The lowest BCUT2D eigenvalue weighted by Gasteiger charge is -2.23. The SMILES string of the molecule is C1CC2C3CCC(C3)C2C1.CCOCCCOC(=O)C1CC2CC1C1OC21.CCOCCCOC(=O)C1CC2CC1C1OC21. The summed E-state index contributed by atoms with van der Waals surface area (Å²) in [6.07, 6.45) is 17.2. The van der Waals surface area contributed by atoms with Gasteiger partial charge in [-0.2, -0.15) is 0 Å². The maximum Gasteiger partial charge on any atom is 0.309 e. The number of carbonyl (C=O) groups excluding carboxylic acids is 2. The number of fused-ring (bicyclic) bond motifs is 15. The van der Waals surface area contributed by atoms with E-state index >= 15 is 0 Å². The van der Waals surface area contributed by atoms with Crippen molar-refractivity contribution in [1.29, 1.82) is 0 Å². The predicted octanol–water partition coefficient (Wildman–Crippen LogP) is 5.59. The topological polar surface area (TPSA) is 96.1 Å². The van der Waals surface area contributed by atoms with Crippen LogP contribution in [0.25, 0.3) is 0 Å². The highest BCUT2D eigenvalue weighted by Crippen LogP contribution is 2.60. The molecule has 14 atom stereocenters. The maximum atomic E-state index is 11.9. The first-order chi connectivity index (χ1) is 21.6. The van der Waals surface area contributed by atoms with E-state index in [1.807, 2.05) is 13.8 Å². The van der Waals surface area contributed by atoms with Gasteiger partial charge in [0, 0.05) is 51.1 Å². The summed E-state index contributed by atoms with van der Waals surface area (Å²) >= 11 is 0. The van der Waals surface area contributed by atoms with Gasteiger partial charge in [-0.3, -0.25) is 9.59 Å². The molecule has 44 heavy (non-hydrogen) atoms. The van der Waals surface area contributed by atoms with Crippen LogP contribution in [0.2, 0.25) is 0 Å². The summed E-state index contributed by atoms with van der Waals surface area (Å²) in [5.74, 6) is 7.15. The third-order valence-corrected chi connectivity index (χ3v) is 12.9. The van der Waals surface area contributed by atoms with Gasteiger partial charge < -0.3 is 28.4 Å². The number of carbonyl (C=O) groups is 2. The molecule has 9 aliphatic rings. The van der Waals surface area contributed by atoms with Crippen LogP contribution < -0.4 is 0 Å². The van der Waals surface area contributed by atoms with Crippen LogP contribution >= 0.6 is 0 Å². The van der Waals surface area contributed by atoms with Crippen LogP contribution in [0.3, 0.4) is 0 Å². The molecule has 9 rings (SSSR count). The summed E-state index contributed by atoms with van der Waals surface area (Å²) in [7, 11) is 0. The number of hydrogen-bond donors (Lipinski definition) is 0. The molecule has 2 heterocycles. The number of ether oxygens (including phenoxy) is 6. The number of hydrogen-bond acceptors (Lipinski definition) is 8. The average Bonchev–Trinajstić information content (AvgIpc) is 3.48. The second-order valence-electron chi connectivity index (χ2n) is 15.2. The molecule has 0 N–H and O–H groups in total. The fraction of sp³-hybridized carbons (Fsp3) is 0.944. The molecular formula is C36H56O8. The molecule has 14 unspecified atom stereocenters. The van der Waals surface area contributed by atoms with Gasteiger partial charge in [0.2, 0.25) is 0 Å². The first-order valence-corrected chi connectivity index (χ1v) is 18.4. The predicted molar refractivity (Wildman–Crippen MR) is 163 cm³/mol. The van der Waals surface area contributed by atoms with Crippen molar-refractivity contribution >= 4 is 11.9 Å². The van der Waals surface area contributed by atoms with E-state index in [-0.39, 0.29) is 23.8 Å². The van der Waals surface area contributed by atoms with Crippen molar-refractivity contribution in [2.75, 3.05) is 39.6 Å². The Hall–Kier alpha value is -1.22. The van der Waals surface area contributed by atoms with Gasteiger partial charge in [-0.05, 0) is 107 Å². The van der Waals surface area contributed by atoms with Gasteiger partial charge in [0.1, 0.15) is 0 Å². The molecule has 0 spiro atoms. The van der Waals surface area contributed by atoms with Crippen LogP contribution in [0.4, 0.5) is 0 Å².